The number of allylic oxidation sites excluding steroid dienone is 5. The maximum atomic E-state index is 3.98. The molecule has 0 heterocycles. The predicted octanol–water partition coefficient (Wildman–Crippen LogP) is 4.88. The highest BCUT2D eigenvalue weighted by molar-refractivity contribution is 5.87. The third-order valence-corrected chi connectivity index (χ3v) is 3.94. The Morgan fingerprint density at radius 2 is 2.00 bits per heavy atom. The summed E-state index contributed by atoms with van der Waals surface area (Å²) >= 11 is 0. The Balaban J connectivity index is 2.75. The van der Waals surface area contributed by atoms with Gasteiger partial charge in [0.2, 0.25) is 0 Å². The Morgan fingerprint density at radius 1 is 1.29 bits per heavy atom. The molecule has 1 aromatic rings. The molecule has 0 N–H and O–H groups in total. The third-order valence-electron chi connectivity index (χ3n) is 3.94. The second-order valence-electron chi connectivity index (χ2n) is 4.76. The minimum atomic E-state index is 0.132. The Morgan fingerprint density at radius 3 is 2.59 bits per heavy atom. The molecule has 0 heteroatoms. The largest absolute Gasteiger partial charge is 0.0984 e. The van der Waals surface area contributed by atoms with Crippen molar-refractivity contribution in [3.63, 3.8) is 0 Å². The molecule has 0 amide bonds. The van der Waals surface area contributed by atoms with Gasteiger partial charge in [-0.1, -0.05) is 62.9 Å². The van der Waals surface area contributed by atoms with E-state index >= 15 is 0 Å². The van der Waals surface area contributed by atoms with Crippen LogP contribution in [0.3, 0.4) is 0 Å². The first kappa shape index (κ1) is 11.9. The number of fused-ring (bicyclic) bond motifs is 1. The molecule has 17 heavy (non-hydrogen) atoms. The lowest BCUT2D eigenvalue weighted by Gasteiger charge is -2.26. The molecule has 88 valence electrons. The second-order valence-corrected chi connectivity index (χ2v) is 4.76. The minimum absolute atomic E-state index is 0.132. The van der Waals surface area contributed by atoms with Gasteiger partial charge >= 0.3 is 0 Å². The highest BCUT2D eigenvalue weighted by atomic mass is 14.4. The third kappa shape index (κ3) is 1.59. The van der Waals surface area contributed by atoms with E-state index in [-0.39, 0.29) is 5.41 Å². The van der Waals surface area contributed by atoms with Gasteiger partial charge in [0.05, 0.1) is 0 Å². The van der Waals surface area contributed by atoms with Crippen molar-refractivity contribution < 1.29 is 0 Å². The smallest absolute Gasteiger partial charge is 0.0184 e. The maximum Gasteiger partial charge on any atom is 0.0184 e. The van der Waals surface area contributed by atoms with Crippen LogP contribution < -0.4 is 0 Å². The van der Waals surface area contributed by atoms with E-state index in [1.54, 1.807) is 0 Å². The lowest BCUT2D eigenvalue weighted by atomic mass is 9.77. The van der Waals surface area contributed by atoms with Crippen molar-refractivity contribution in [3.05, 3.63) is 65.8 Å². The quantitative estimate of drug-likeness (QED) is 0.686. The molecule has 1 aliphatic rings. The topological polar surface area (TPSA) is 0 Å². The molecule has 0 bridgehead atoms. The Bertz CT molecular complexity index is 503. The fourth-order valence-corrected chi connectivity index (χ4v) is 2.83. The zero-order valence-corrected chi connectivity index (χ0v) is 11.0. The van der Waals surface area contributed by atoms with Gasteiger partial charge in [-0.3, -0.25) is 0 Å². The summed E-state index contributed by atoms with van der Waals surface area (Å²) in [5.41, 5.74) is 5.61. The highest BCUT2D eigenvalue weighted by Gasteiger charge is 2.37. The van der Waals surface area contributed by atoms with Crippen molar-refractivity contribution in [3.8, 4) is 0 Å². The summed E-state index contributed by atoms with van der Waals surface area (Å²) in [5.74, 6) is 0. The monoisotopic (exact) mass is 224 g/mol. The molecular weight excluding hydrogens is 204 g/mol. The fourth-order valence-electron chi connectivity index (χ4n) is 2.83. The first-order valence-electron chi connectivity index (χ1n) is 6.28. The molecule has 0 saturated carbocycles. The van der Waals surface area contributed by atoms with Crippen molar-refractivity contribution in [2.24, 2.45) is 0 Å². The predicted molar refractivity (Wildman–Crippen MR) is 76.0 cm³/mol. The van der Waals surface area contributed by atoms with Gasteiger partial charge in [0.15, 0.2) is 0 Å². The van der Waals surface area contributed by atoms with Crippen LogP contribution in [0.1, 0.15) is 38.3 Å². The van der Waals surface area contributed by atoms with Gasteiger partial charge in [0, 0.05) is 5.41 Å². The van der Waals surface area contributed by atoms with Crippen molar-refractivity contribution in [1.82, 2.24) is 0 Å². The number of benzene rings is 1. The molecule has 0 aromatic heterocycles. The Labute approximate surface area is 104 Å². The molecule has 0 fully saturated rings. The first-order valence-corrected chi connectivity index (χ1v) is 6.28. The van der Waals surface area contributed by atoms with Gasteiger partial charge in [-0.15, -0.1) is 0 Å². The summed E-state index contributed by atoms with van der Waals surface area (Å²) in [5, 5.41) is 0. The van der Waals surface area contributed by atoms with Crippen LogP contribution in [0.5, 0.6) is 0 Å². The molecule has 2 rings (SSSR count). The van der Waals surface area contributed by atoms with Gasteiger partial charge in [0.25, 0.3) is 0 Å². The summed E-state index contributed by atoms with van der Waals surface area (Å²) in [6.07, 6.45) is 7.47. The lowest BCUT2D eigenvalue weighted by Crippen LogP contribution is -2.20. The Hall–Kier alpha value is -1.56. The summed E-state index contributed by atoms with van der Waals surface area (Å²) < 4.78 is 0. The summed E-state index contributed by atoms with van der Waals surface area (Å²) in [6, 6.07) is 8.69. The number of hydrogen-bond donors (Lipinski definition) is 0. The summed E-state index contributed by atoms with van der Waals surface area (Å²) in [6.45, 7) is 10.6. The van der Waals surface area contributed by atoms with E-state index in [0.717, 1.165) is 6.42 Å². The van der Waals surface area contributed by atoms with Crippen molar-refractivity contribution in [2.75, 3.05) is 0 Å². The van der Waals surface area contributed by atoms with Gasteiger partial charge < -0.3 is 0 Å². The molecule has 1 aliphatic carbocycles. The summed E-state index contributed by atoms with van der Waals surface area (Å²) in [7, 11) is 0. The molecule has 0 saturated heterocycles. The van der Waals surface area contributed by atoms with Crippen LogP contribution in [0.15, 0.2) is 54.6 Å². The average Bonchev–Trinajstić information content (AvgIpc) is 2.61. The van der Waals surface area contributed by atoms with Crippen LogP contribution in [0.4, 0.5) is 0 Å². The average molecular weight is 224 g/mol. The highest BCUT2D eigenvalue weighted by Crippen LogP contribution is 2.49. The molecular formula is C17H20. The number of rotatable bonds is 3. The molecule has 1 aromatic carbocycles. The van der Waals surface area contributed by atoms with Crippen LogP contribution in [-0.4, -0.2) is 0 Å². The zero-order valence-electron chi connectivity index (χ0n) is 11.0. The normalized spacial score (nSPS) is 23.2. The molecule has 1 atom stereocenters. The van der Waals surface area contributed by atoms with Gasteiger partial charge in [-0.2, -0.15) is 0 Å². The molecule has 0 aliphatic heterocycles. The van der Waals surface area contributed by atoms with Crippen molar-refractivity contribution >= 4 is 5.57 Å². The molecule has 0 nitrogen and oxygen atoms in total. The molecule has 0 spiro atoms. The van der Waals surface area contributed by atoms with E-state index in [9.17, 15) is 0 Å². The lowest BCUT2D eigenvalue weighted by molar-refractivity contribution is 0.559. The van der Waals surface area contributed by atoms with Gasteiger partial charge in [0.1, 0.15) is 0 Å². The van der Waals surface area contributed by atoms with Crippen LogP contribution in [0, 0.1) is 0 Å². The van der Waals surface area contributed by atoms with Crippen LogP contribution in [0.2, 0.25) is 0 Å². The van der Waals surface area contributed by atoms with Crippen molar-refractivity contribution in [1.29, 1.82) is 0 Å². The van der Waals surface area contributed by atoms with Crippen molar-refractivity contribution in [2.45, 2.75) is 32.6 Å². The van der Waals surface area contributed by atoms with Crippen LogP contribution in [-0.2, 0) is 5.41 Å². The van der Waals surface area contributed by atoms with Crippen LogP contribution >= 0.6 is 0 Å². The number of hydrogen-bond acceptors (Lipinski definition) is 0. The van der Waals surface area contributed by atoms with E-state index in [1.807, 2.05) is 6.08 Å². The van der Waals surface area contributed by atoms with E-state index < -0.39 is 0 Å². The van der Waals surface area contributed by atoms with E-state index in [1.165, 1.54) is 22.3 Å². The van der Waals surface area contributed by atoms with Gasteiger partial charge in [-0.25, -0.2) is 0 Å². The summed E-state index contributed by atoms with van der Waals surface area (Å²) in [4.78, 5) is 0. The Kier molecular flexibility index (Phi) is 3.06. The fraction of sp³-hybridized carbons (Fsp3) is 0.294. The molecule has 1 unspecified atom stereocenters. The standard InChI is InChI=1S/C17H20/c1-5-10-15-13(6-2)14-11-8-9-12-16(14)17(15,4)7-3/h5-6,8-12H,2,7H2,1,3-4H3/b10-5-. The minimum Gasteiger partial charge on any atom is -0.0984 e. The van der Waals surface area contributed by atoms with E-state index in [4.69, 9.17) is 0 Å². The first-order chi connectivity index (χ1) is 8.19. The maximum absolute atomic E-state index is 3.98. The van der Waals surface area contributed by atoms with E-state index in [2.05, 4.69) is 63.8 Å². The zero-order chi connectivity index (χ0) is 12.5. The van der Waals surface area contributed by atoms with Gasteiger partial charge in [-0.05, 0) is 35.6 Å². The van der Waals surface area contributed by atoms with E-state index in [0.29, 0.717) is 0 Å². The SMILES string of the molecule is C=CC1=C(/C=C\C)C(C)(CC)c2ccccc21. The second kappa shape index (κ2) is 4.37. The van der Waals surface area contributed by atoms with Crippen LogP contribution in [0.25, 0.3) is 5.57 Å². The molecule has 0 radical (unpaired) electrons.